The number of para-hydroxylation sites is 2. The van der Waals surface area contributed by atoms with Gasteiger partial charge in [0.2, 0.25) is 5.91 Å². The van der Waals surface area contributed by atoms with Crippen LogP contribution >= 0.6 is 0 Å². The van der Waals surface area contributed by atoms with Gasteiger partial charge in [-0.3, -0.25) is 13.9 Å². The molecule has 1 saturated carbocycles. The molecule has 2 N–H and O–H groups in total. The number of benzene rings is 1. The van der Waals surface area contributed by atoms with Crippen molar-refractivity contribution in [1.82, 2.24) is 14.5 Å². The van der Waals surface area contributed by atoms with Crippen molar-refractivity contribution in [3.8, 4) is 0 Å². The van der Waals surface area contributed by atoms with Gasteiger partial charge in [-0.15, -0.1) is 0 Å². The second-order valence-corrected chi connectivity index (χ2v) is 6.61. The smallest absolute Gasteiger partial charge is 0.329 e. The third-order valence-corrected chi connectivity index (χ3v) is 4.93. The lowest BCUT2D eigenvalue weighted by atomic mass is 9.76. The molecule has 1 aliphatic rings. The van der Waals surface area contributed by atoms with Gasteiger partial charge in [-0.25, -0.2) is 9.59 Å². The van der Waals surface area contributed by atoms with Gasteiger partial charge in [-0.1, -0.05) is 19.1 Å². The minimum atomic E-state index is -1.11. The summed E-state index contributed by atoms with van der Waals surface area (Å²) >= 11 is 0. The molecule has 1 aromatic heterocycles. The van der Waals surface area contributed by atoms with E-state index in [1.807, 2.05) is 31.2 Å². The molecule has 0 spiro atoms. The Kier molecular flexibility index (Phi) is 4.65. The number of hydrogen-bond acceptors (Lipinski definition) is 3. The number of carboxylic acids is 1. The molecule has 7 nitrogen and oxygen atoms in total. The van der Waals surface area contributed by atoms with Gasteiger partial charge in [0.1, 0.15) is 5.54 Å². The summed E-state index contributed by atoms with van der Waals surface area (Å²) in [6.07, 6.45) is 2.65. The number of aliphatic carboxylic acids is 1. The van der Waals surface area contributed by atoms with E-state index in [0.29, 0.717) is 19.4 Å². The van der Waals surface area contributed by atoms with Gasteiger partial charge >= 0.3 is 11.7 Å². The molecule has 0 unspecified atom stereocenters. The van der Waals surface area contributed by atoms with Crippen LogP contribution in [0.5, 0.6) is 0 Å². The molecule has 1 heterocycles. The molecular formula is C18H23N3O4. The minimum Gasteiger partial charge on any atom is -0.480 e. The fraction of sp³-hybridized carbons (Fsp3) is 0.500. The van der Waals surface area contributed by atoms with Gasteiger partial charge < -0.3 is 10.4 Å². The third kappa shape index (κ3) is 3.06. The van der Waals surface area contributed by atoms with E-state index in [0.717, 1.165) is 23.9 Å². The molecule has 1 aromatic carbocycles. The fourth-order valence-electron chi connectivity index (χ4n) is 3.39. The number of rotatable bonds is 7. The lowest BCUT2D eigenvalue weighted by molar-refractivity contribution is -0.151. The standard InChI is InChI=1S/C18H23N3O4/c1-2-11-20-13-6-3-4-7-14(13)21(17(20)25)12-8-15(22)19-18(16(23)24)9-5-10-18/h3-4,6-7H,2,5,8-12H2,1H3,(H,19,22)(H,23,24). The molecule has 1 aliphatic carbocycles. The van der Waals surface area contributed by atoms with Gasteiger partial charge in [0, 0.05) is 19.5 Å². The van der Waals surface area contributed by atoms with E-state index < -0.39 is 11.5 Å². The largest absolute Gasteiger partial charge is 0.480 e. The average Bonchev–Trinajstić information content (AvgIpc) is 2.81. The zero-order chi connectivity index (χ0) is 18.0. The summed E-state index contributed by atoms with van der Waals surface area (Å²) in [4.78, 5) is 36.2. The third-order valence-electron chi connectivity index (χ3n) is 4.93. The van der Waals surface area contributed by atoms with Gasteiger partial charge in [-0.05, 0) is 37.8 Å². The number of carbonyl (C=O) groups is 2. The van der Waals surface area contributed by atoms with Crippen LogP contribution in [-0.4, -0.2) is 31.7 Å². The maximum absolute atomic E-state index is 12.7. The zero-order valence-electron chi connectivity index (χ0n) is 14.3. The molecule has 7 heteroatoms. The van der Waals surface area contributed by atoms with Crippen molar-refractivity contribution in [3.05, 3.63) is 34.7 Å². The predicted molar refractivity (Wildman–Crippen MR) is 93.5 cm³/mol. The predicted octanol–water partition coefficient (Wildman–Crippen LogP) is 1.73. The summed E-state index contributed by atoms with van der Waals surface area (Å²) in [5.74, 6) is -1.31. The van der Waals surface area contributed by atoms with E-state index in [2.05, 4.69) is 5.32 Å². The second-order valence-electron chi connectivity index (χ2n) is 6.61. The summed E-state index contributed by atoms with van der Waals surface area (Å²) in [7, 11) is 0. The second kappa shape index (κ2) is 6.74. The molecule has 25 heavy (non-hydrogen) atoms. The number of fused-ring (bicyclic) bond motifs is 1. The quantitative estimate of drug-likeness (QED) is 0.799. The van der Waals surface area contributed by atoms with E-state index >= 15 is 0 Å². The summed E-state index contributed by atoms with van der Waals surface area (Å²) in [5.41, 5.74) is 0.409. The number of aromatic nitrogens is 2. The van der Waals surface area contributed by atoms with Gasteiger partial charge in [0.25, 0.3) is 0 Å². The van der Waals surface area contributed by atoms with Gasteiger partial charge in [-0.2, -0.15) is 0 Å². The number of aryl methyl sites for hydroxylation is 2. The topological polar surface area (TPSA) is 93.3 Å². The molecule has 1 amide bonds. The monoisotopic (exact) mass is 345 g/mol. The first kappa shape index (κ1) is 17.3. The van der Waals surface area contributed by atoms with Crippen LogP contribution in [0.25, 0.3) is 11.0 Å². The highest BCUT2D eigenvalue weighted by molar-refractivity contribution is 5.88. The molecular weight excluding hydrogens is 322 g/mol. The van der Waals surface area contributed by atoms with Crippen LogP contribution in [0.3, 0.4) is 0 Å². The van der Waals surface area contributed by atoms with Crippen LogP contribution in [0.4, 0.5) is 0 Å². The SMILES string of the molecule is CCCn1c(=O)n(CCC(=O)NC2(C(=O)O)CCC2)c2ccccc21. The lowest BCUT2D eigenvalue weighted by Crippen LogP contribution is -2.59. The molecule has 3 rings (SSSR count). The van der Waals surface area contributed by atoms with Crippen LogP contribution < -0.4 is 11.0 Å². The number of imidazole rings is 1. The first-order valence-corrected chi connectivity index (χ1v) is 8.71. The van der Waals surface area contributed by atoms with E-state index in [-0.39, 0.29) is 24.6 Å². The van der Waals surface area contributed by atoms with Crippen LogP contribution in [0, 0.1) is 0 Å². The van der Waals surface area contributed by atoms with Crippen LogP contribution in [0.15, 0.2) is 29.1 Å². The number of carbonyl (C=O) groups excluding carboxylic acids is 1. The Morgan fingerprint density at radius 1 is 1.16 bits per heavy atom. The van der Waals surface area contributed by atoms with Crippen LogP contribution in [-0.2, 0) is 22.7 Å². The van der Waals surface area contributed by atoms with Crippen molar-refractivity contribution >= 4 is 22.9 Å². The Morgan fingerprint density at radius 2 is 1.76 bits per heavy atom. The Balaban J connectivity index is 1.77. The molecule has 0 aliphatic heterocycles. The van der Waals surface area contributed by atoms with Gasteiger partial charge in [0.05, 0.1) is 11.0 Å². The first-order valence-electron chi connectivity index (χ1n) is 8.71. The number of nitrogens with one attached hydrogen (secondary N) is 1. The lowest BCUT2D eigenvalue weighted by Gasteiger charge is -2.38. The molecule has 0 atom stereocenters. The fourth-order valence-corrected chi connectivity index (χ4v) is 3.39. The van der Waals surface area contributed by atoms with Crippen molar-refractivity contribution in [2.24, 2.45) is 0 Å². The number of nitrogens with zero attached hydrogens (tertiary/aromatic N) is 2. The van der Waals surface area contributed by atoms with E-state index in [4.69, 9.17) is 0 Å². The molecule has 2 aromatic rings. The molecule has 0 bridgehead atoms. The van der Waals surface area contributed by atoms with Gasteiger partial charge in [0.15, 0.2) is 0 Å². The zero-order valence-corrected chi connectivity index (χ0v) is 14.3. The van der Waals surface area contributed by atoms with E-state index in [9.17, 15) is 19.5 Å². The Labute approximate surface area is 145 Å². The summed E-state index contributed by atoms with van der Waals surface area (Å²) in [5, 5.41) is 11.9. The molecule has 0 radical (unpaired) electrons. The molecule has 0 saturated heterocycles. The molecule has 1 fully saturated rings. The van der Waals surface area contributed by atoms with Crippen LogP contribution in [0.1, 0.15) is 39.0 Å². The number of hydrogen-bond donors (Lipinski definition) is 2. The van der Waals surface area contributed by atoms with Crippen molar-refractivity contribution in [2.75, 3.05) is 0 Å². The Bertz CT molecular complexity index is 861. The normalized spacial score (nSPS) is 15.7. The minimum absolute atomic E-state index is 0.0784. The van der Waals surface area contributed by atoms with Crippen LogP contribution in [0.2, 0.25) is 0 Å². The first-order chi connectivity index (χ1) is 12.0. The Morgan fingerprint density at radius 3 is 2.24 bits per heavy atom. The van der Waals surface area contributed by atoms with Crippen molar-refractivity contribution in [2.45, 2.75) is 57.7 Å². The summed E-state index contributed by atoms with van der Waals surface area (Å²) in [6, 6.07) is 7.52. The maximum atomic E-state index is 12.7. The summed E-state index contributed by atoms with van der Waals surface area (Å²) in [6.45, 7) is 2.87. The Hall–Kier alpha value is -2.57. The van der Waals surface area contributed by atoms with E-state index in [1.165, 1.54) is 0 Å². The average molecular weight is 345 g/mol. The van der Waals surface area contributed by atoms with Crippen molar-refractivity contribution in [1.29, 1.82) is 0 Å². The number of carboxylic acid groups (broad SMARTS) is 1. The van der Waals surface area contributed by atoms with Crippen molar-refractivity contribution in [3.63, 3.8) is 0 Å². The highest BCUT2D eigenvalue weighted by Gasteiger charge is 2.45. The highest BCUT2D eigenvalue weighted by Crippen LogP contribution is 2.32. The summed E-state index contributed by atoms with van der Waals surface area (Å²) < 4.78 is 3.32. The van der Waals surface area contributed by atoms with Crippen molar-refractivity contribution < 1.29 is 14.7 Å². The van der Waals surface area contributed by atoms with E-state index in [1.54, 1.807) is 9.13 Å². The number of amides is 1. The maximum Gasteiger partial charge on any atom is 0.329 e. The molecule has 134 valence electrons. The highest BCUT2D eigenvalue weighted by atomic mass is 16.4.